The molecule has 0 bridgehead atoms. The van der Waals surface area contributed by atoms with Gasteiger partial charge in [0, 0.05) is 4.47 Å². The van der Waals surface area contributed by atoms with Gasteiger partial charge in [-0.25, -0.2) is 0 Å². The number of halogens is 1. The second-order valence-electron chi connectivity index (χ2n) is 3.98. The number of hydrogen-bond acceptors (Lipinski definition) is 2. The number of nitrogens with zero attached hydrogens (tertiary/aromatic N) is 2. The van der Waals surface area contributed by atoms with Crippen molar-refractivity contribution in [1.29, 1.82) is 0 Å². The van der Waals surface area contributed by atoms with E-state index in [1.807, 2.05) is 29.4 Å². The van der Waals surface area contributed by atoms with Crippen molar-refractivity contribution in [1.82, 2.24) is 0 Å². The first-order valence-electron chi connectivity index (χ1n) is 5.48. The first kappa shape index (κ1) is 10.5. The lowest BCUT2D eigenvalue weighted by molar-refractivity contribution is 0.843. The van der Waals surface area contributed by atoms with Gasteiger partial charge in [-0.1, -0.05) is 46.3 Å². The Labute approximate surface area is 109 Å². The number of rotatable bonds is 1. The number of anilines is 1. The molecule has 0 saturated heterocycles. The van der Waals surface area contributed by atoms with Crippen molar-refractivity contribution in [3.8, 4) is 0 Å². The molecule has 0 fully saturated rings. The molecule has 0 N–H and O–H groups in total. The molecule has 0 aromatic heterocycles. The van der Waals surface area contributed by atoms with Crippen LogP contribution in [-0.2, 0) is 6.54 Å². The highest BCUT2D eigenvalue weighted by Gasteiger charge is 2.12. The molecule has 0 spiro atoms. The summed E-state index contributed by atoms with van der Waals surface area (Å²) < 4.78 is 1.07. The summed E-state index contributed by atoms with van der Waals surface area (Å²) in [7, 11) is 0. The summed E-state index contributed by atoms with van der Waals surface area (Å²) in [5.41, 5.74) is 3.62. The van der Waals surface area contributed by atoms with E-state index in [1.165, 1.54) is 11.1 Å². The van der Waals surface area contributed by atoms with Gasteiger partial charge >= 0.3 is 0 Å². The average Bonchev–Trinajstić information content (AvgIpc) is 2.38. The molecule has 1 aliphatic heterocycles. The van der Waals surface area contributed by atoms with Crippen LogP contribution in [0.3, 0.4) is 0 Å². The molecular formula is C14H11BrN2. The van der Waals surface area contributed by atoms with Crippen molar-refractivity contribution in [3.05, 3.63) is 64.1 Å². The summed E-state index contributed by atoms with van der Waals surface area (Å²) in [6, 6.07) is 16.5. The molecule has 0 saturated carbocycles. The minimum Gasteiger partial charge on any atom is -0.261 e. The van der Waals surface area contributed by atoms with Gasteiger partial charge in [0.2, 0.25) is 0 Å². The van der Waals surface area contributed by atoms with Crippen LogP contribution < -0.4 is 5.01 Å². The highest BCUT2D eigenvalue weighted by Crippen LogP contribution is 2.24. The fraction of sp³-hybridized carbons (Fsp3) is 0.0714. The molecule has 2 nitrogen and oxygen atoms in total. The zero-order valence-electron chi connectivity index (χ0n) is 9.18. The van der Waals surface area contributed by atoms with Gasteiger partial charge in [-0.2, -0.15) is 5.10 Å². The molecule has 17 heavy (non-hydrogen) atoms. The Morgan fingerprint density at radius 3 is 2.82 bits per heavy atom. The standard InChI is InChI=1S/C14H11BrN2/c15-13-6-3-7-14(8-13)17-10-12-5-2-1-4-11(12)9-16-17/h1-9H,10H2. The fourth-order valence-corrected chi connectivity index (χ4v) is 2.32. The lowest BCUT2D eigenvalue weighted by Gasteiger charge is -2.24. The highest BCUT2D eigenvalue weighted by atomic mass is 79.9. The summed E-state index contributed by atoms with van der Waals surface area (Å²) in [5.74, 6) is 0. The van der Waals surface area contributed by atoms with Crippen molar-refractivity contribution in [2.75, 3.05) is 5.01 Å². The molecule has 1 heterocycles. The van der Waals surface area contributed by atoms with Crippen LogP contribution in [0.4, 0.5) is 5.69 Å². The van der Waals surface area contributed by atoms with Crippen molar-refractivity contribution >= 4 is 27.8 Å². The Bertz CT molecular complexity index is 578. The molecule has 0 atom stereocenters. The lowest BCUT2D eigenvalue weighted by atomic mass is 10.1. The van der Waals surface area contributed by atoms with Gasteiger partial charge in [0.25, 0.3) is 0 Å². The maximum Gasteiger partial charge on any atom is 0.0672 e. The Morgan fingerprint density at radius 1 is 1.06 bits per heavy atom. The SMILES string of the molecule is Brc1cccc(N2Cc3ccccc3C=N2)c1. The van der Waals surface area contributed by atoms with Crippen molar-refractivity contribution < 1.29 is 0 Å². The molecule has 3 rings (SSSR count). The summed E-state index contributed by atoms with van der Waals surface area (Å²) in [6.07, 6.45) is 1.92. The number of benzene rings is 2. The zero-order chi connectivity index (χ0) is 11.7. The Hall–Kier alpha value is -1.61. The maximum atomic E-state index is 4.47. The molecule has 0 aliphatic carbocycles. The Balaban J connectivity index is 1.95. The van der Waals surface area contributed by atoms with Crippen LogP contribution in [0.15, 0.2) is 58.1 Å². The van der Waals surface area contributed by atoms with Crippen LogP contribution in [0.25, 0.3) is 0 Å². The number of hydrogen-bond donors (Lipinski definition) is 0. The molecule has 0 amide bonds. The van der Waals surface area contributed by atoms with Gasteiger partial charge < -0.3 is 0 Å². The van der Waals surface area contributed by atoms with Gasteiger partial charge in [-0.05, 0) is 29.3 Å². The first-order chi connectivity index (χ1) is 8.33. The second kappa shape index (κ2) is 4.34. The number of fused-ring (bicyclic) bond motifs is 1. The van der Waals surface area contributed by atoms with E-state index in [9.17, 15) is 0 Å². The van der Waals surface area contributed by atoms with Crippen molar-refractivity contribution in [3.63, 3.8) is 0 Å². The van der Waals surface area contributed by atoms with Gasteiger partial charge in [0.1, 0.15) is 0 Å². The molecule has 0 radical (unpaired) electrons. The second-order valence-corrected chi connectivity index (χ2v) is 4.90. The third-order valence-electron chi connectivity index (χ3n) is 2.82. The average molecular weight is 287 g/mol. The zero-order valence-corrected chi connectivity index (χ0v) is 10.8. The van der Waals surface area contributed by atoms with E-state index in [1.54, 1.807) is 0 Å². The van der Waals surface area contributed by atoms with Gasteiger partial charge in [-0.15, -0.1) is 0 Å². The summed E-state index contributed by atoms with van der Waals surface area (Å²) >= 11 is 3.48. The lowest BCUT2D eigenvalue weighted by Crippen LogP contribution is -2.20. The predicted octanol–water partition coefficient (Wildman–Crippen LogP) is 3.80. The third-order valence-corrected chi connectivity index (χ3v) is 3.31. The predicted molar refractivity (Wildman–Crippen MR) is 74.4 cm³/mol. The van der Waals surface area contributed by atoms with Crippen LogP contribution in [0.5, 0.6) is 0 Å². The van der Waals surface area contributed by atoms with Crippen LogP contribution in [0.2, 0.25) is 0 Å². The summed E-state index contributed by atoms with van der Waals surface area (Å²) in [4.78, 5) is 0. The Morgan fingerprint density at radius 2 is 1.94 bits per heavy atom. The van der Waals surface area contributed by atoms with E-state index in [-0.39, 0.29) is 0 Å². The molecule has 0 unspecified atom stereocenters. The topological polar surface area (TPSA) is 15.6 Å². The fourth-order valence-electron chi connectivity index (χ4n) is 1.93. The van der Waals surface area contributed by atoms with E-state index in [0.29, 0.717) is 0 Å². The Kier molecular flexibility index (Phi) is 2.69. The van der Waals surface area contributed by atoms with Gasteiger partial charge in [-0.3, -0.25) is 5.01 Å². The van der Waals surface area contributed by atoms with Crippen LogP contribution in [0, 0.1) is 0 Å². The van der Waals surface area contributed by atoms with E-state index < -0.39 is 0 Å². The van der Waals surface area contributed by atoms with E-state index >= 15 is 0 Å². The highest BCUT2D eigenvalue weighted by molar-refractivity contribution is 9.10. The van der Waals surface area contributed by atoms with Crippen LogP contribution in [-0.4, -0.2) is 6.21 Å². The normalized spacial score (nSPS) is 13.6. The van der Waals surface area contributed by atoms with Crippen molar-refractivity contribution in [2.24, 2.45) is 5.10 Å². The third kappa shape index (κ3) is 2.11. The van der Waals surface area contributed by atoms with Gasteiger partial charge in [0.05, 0.1) is 18.4 Å². The molecule has 1 aliphatic rings. The van der Waals surface area contributed by atoms with Crippen molar-refractivity contribution in [2.45, 2.75) is 6.54 Å². The molecule has 2 aromatic rings. The van der Waals surface area contributed by atoms with E-state index in [4.69, 9.17) is 0 Å². The molecule has 84 valence electrons. The molecule has 3 heteroatoms. The quantitative estimate of drug-likeness (QED) is 0.779. The smallest absolute Gasteiger partial charge is 0.0672 e. The van der Waals surface area contributed by atoms with E-state index in [2.05, 4.69) is 51.4 Å². The van der Waals surface area contributed by atoms with Gasteiger partial charge in [0.15, 0.2) is 0 Å². The minimum atomic E-state index is 0.823. The van der Waals surface area contributed by atoms with Crippen LogP contribution in [0.1, 0.15) is 11.1 Å². The minimum absolute atomic E-state index is 0.823. The monoisotopic (exact) mass is 286 g/mol. The maximum absolute atomic E-state index is 4.47. The van der Waals surface area contributed by atoms with Crippen LogP contribution >= 0.6 is 15.9 Å². The molecular weight excluding hydrogens is 276 g/mol. The largest absolute Gasteiger partial charge is 0.261 e. The summed E-state index contributed by atoms with van der Waals surface area (Å²) in [5, 5.41) is 6.48. The van der Waals surface area contributed by atoms with E-state index in [0.717, 1.165) is 16.7 Å². The number of hydrazone groups is 1. The summed E-state index contributed by atoms with van der Waals surface area (Å²) in [6.45, 7) is 0.823. The molecule has 2 aromatic carbocycles. The first-order valence-corrected chi connectivity index (χ1v) is 6.27.